The van der Waals surface area contributed by atoms with E-state index in [1.807, 2.05) is 33.8 Å². The zero-order chi connectivity index (χ0) is 44.2. The largest absolute Gasteiger partial charge is 0.497 e. The average molecular weight is 870 g/mol. The van der Waals surface area contributed by atoms with Crippen molar-refractivity contribution in [3.63, 3.8) is 0 Å². The highest BCUT2D eigenvalue weighted by molar-refractivity contribution is 6.18. The Labute approximate surface area is 365 Å². The predicted molar refractivity (Wildman–Crippen MR) is 234 cm³/mol. The standard InChI is InChI=1S/C46H64ClN3O11/c1-8-21-50(44(54)57-25-20-47)40-29-37(49-61-45(3,4)5)34-26-30(14-10-12-22-51)33(15-11-13-23-52)41-35-27-32(17-19-38(35)60-46(40,42(34)41)58-24-9-2)59-43(53)48-36-18-16-31(55-6)28-39(36)56-7/h9,16-19,26-28,30,33,40-42,51-52H,2,8,10-15,20-25,29H2,1,3-7H3,(H,48,53)/t30-,33+,40-,41+,42+,46+/m0/s1. The van der Waals surface area contributed by atoms with E-state index in [1.54, 1.807) is 48.4 Å². The van der Waals surface area contributed by atoms with Crippen LogP contribution in [0.4, 0.5) is 15.3 Å². The number of oxime groups is 1. The minimum Gasteiger partial charge on any atom is -0.497 e. The number of alkyl halides is 1. The summed E-state index contributed by atoms with van der Waals surface area (Å²) in [6.07, 6.45) is 7.79. The van der Waals surface area contributed by atoms with Crippen molar-refractivity contribution >= 4 is 35.2 Å². The van der Waals surface area contributed by atoms with E-state index in [4.69, 9.17) is 50.0 Å². The van der Waals surface area contributed by atoms with Crippen molar-refractivity contribution in [1.82, 2.24) is 4.90 Å². The number of nitrogens with one attached hydrogen (secondary N) is 1. The van der Waals surface area contributed by atoms with Crippen molar-refractivity contribution in [3.8, 4) is 23.0 Å². The molecule has 2 aromatic rings. The molecule has 61 heavy (non-hydrogen) atoms. The van der Waals surface area contributed by atoms with Crippen molar-refractivity contribution in [2.75, 3.05) is 58.4 Å². The smallest absolute Gasteiger partial charge is 0.417 e. The van der Waals surface area contributed by atoms with E-state index in [1.165, 1.54) is 7.11 Å². The number of hydrogen-bond acceptors (Lipinski definition) is 12. The minimum atomic E-state index is -1.47. The van der Waals surface area contributed by atoms with Crippen LogP contribution in [0.3, 0.4) is 0 Å². The van der Waals surface area contributed by atoms with Crippen molar-refractivity contribution in [2.45, 2.75) is 102 Å². The molecule has 0 aromatic heterocycles. The first-order valence-corrected chi connectivity index (χ1v) is 21.9. The van der Waals surface area contributed by atoms with Gasteiger partial charge in [-0.05, 0) is 101 Å². The van der Waals surface area contributed by atoms with Gasteiger partial charge in [-0.1, -0.05) is 37.1 Å². The van der Waals surface area contributed by atoms with E-state index >= 15 is 0 Å². The summed E-state index contributed by atoms with van der Waals surface area (Å²) in [5.74, 6) is -0.488. The van der Waals surface area contributed by atoms with E-state index in [9.17, 15) is 19.8 Å². The first-order chi connectivity index (χ1) is 29.4. The second kappa shape index (κ2) is 22.0. The van der Waals surface area contributed by atoms with Gasteiger partial charge in [0.15, 0.2) is 0 Å². The maximum Gasteiger partial charge on any atom is 0.417 e. The molecule has 5 rings (SSSR count). The lowest BCUT2D eigenvalue weighted by Crippen LogP contribution is -2.70. The van der Waals surface area contributed by atoms with Gasteiger partial charge in [0.2, 0.25) is 5.79 Å². The third kappa shape index (κ3) is 11.3. The van der Waals surface area contributed by atoms with Gasteiger partial charge in [0.1, 0.15) is 41.2 Å². The second-order valence-electron chi connectivity index (χ2n) is 16.6. The Hall–Kier alpha value is -4.50. The molecule has 2 amide bonds. The molecule has 0 unspecified atom stereocenters. The highest BCUT2D eigenvalue weighted by Crippen LogP contribution is 2.62. The Morgan fingerprint density at radius 3 is 2.44 bits per heavy atom. The number of aliphatic hydroxyl groups is 2. The molecule has 1 fully saturated rings. The molecule has 336 valence electrons. The van der Waals surface area contributed by atoms with E-state index in [2.05, 4.69) is 18.0 Å². The number of rotatable bonds is 21. The van der Waals surface area contributed by atoms with Crippen molar-refractivity contribution in [3.05, 3.63) is 66.3 Å². The molecule has 15 heteroatoms. The fraction of sp³-hybridized carbons (Fsp3) is 0.587. The number of halogens is 1. The fourth-order valence-electron chi connectivity index (χ4n) is 8.87. The molecule has 0 radical (unpaired) electrons. The zero-order valence-corrected chi connectivity index (χ0v) is 37.2. The van der Waals surface area contributed by atoms with Crippen LogP contribution in [0.15, 0.2) is 65.9 Å². The lowest BCUT2D eigenvalue weighted by atomic mass is 9.55. The molecule has 3 N–H and O–H groups in total. The molecule has 0 spiro atoms. The van der Waals surface area contributed by atoms with Gasteiger partial charge in [0.05, 0.1) is 44.0 Å². The number of carbonyl (C=O) groups is 2. The van der Waals surface area contributed by atoms with Gasteiger partial charge < -0.3 is 43.5 Å². The monoisotopic (exact) mass is 869 g/mol. The van der Waals surface area contributed by atoms with E-state index in [0.717, 1.165) is 36.8 Å². The van der Waals surface area contributed by atoms with Crippen molar-refractivity contribution in [2.24, 2.45) is 22.9 Å². The molecule has 6 atom stereocenters. The second-order valence-corrected chi connectivity index (χ2v) is 16.9. The van der Waals surface area contributed by atoms with Crippen LogP contribution in [-0.2, 0) is 14.3 Å². The highest BCUT2D eigenvalue weighted by atomic mass is 35.5. The third-order valence-electron chi connectivity index (χ3n) is 11.3. The van der Waals surface area contributed by atoms with Crippen LogP contribution in [-0.4, -0.2) is 104 Å². The number of methoxy groups -OCH3 is 2. The van der Waals surface area contributed by atoms with Crippen LogP contribution >= 0.6 is 11.6 Å². The predicted octanol–water partition coefficient (Wildman–Crippen LogP) is 8.83. The lowest BCUT2D eigenvalue weighted by Gasteiger charge is -2.60. The van der Waals surface area contributed by atoms with E-state index in [0.29, 0.717) is 54.5 Å². The summed E-state index contributed by atoms with van der Waals surface area (Å²) in [6.45, 7) is 12.3. The molecule has 14 nitrogen and oxygen atoms in total. The number of hydrogen-bond donors (Lipinski definition) is 3. The number of anilines is 1. The van der Waals surface area contributed by atoms with Crippen molar-refractivity contribution in [1.29, 1.82) is 0 Å². The summed E-state index contributed by atoms with van der Waals surface area (Å²) in [5.41, 5.74) is 2.11. The quantitative estimate of drug-likeness (QED) is 0.0475. The molecular weight excluding hydrogens is 806 g/mol. The van der Waals surface area contributed by atoms with Gasteiger partial charge in [-0.2, -0.15) is 0 Å². The fourth-order valence-corrected chi connectivity index (χ4v) is 8.95. The first kappa shape index (κ1) is 47.5. The average Bonchev–Trinajstić information content (AvgIpc) is 3.24. The number of fused-ring (bicyclic) bond motifs is 2. The number of carbonyl (C=O) groups excluding carboxylic acids is 2. The highest BCUT2D eigenvalue weighted by Gasteiger charge is 2.65. The Balaban J connectivity index is 1.73. The number of unbranched alkanes of at least 4 members (excludes halogenated alkanes) is 2. The van der Waals surface area contributed by atoms with E-state index < -0.39 is 35.5 Å². The molecule has 2 aromatic carbocycles. The van der Waals surface area contributed by atoms with Gasteiger partial charge in [-0.25, -0.2) is 9.59 Å². The van der Waals surface area contributed by atoms with Crippen molar-refractivity contribution < 1.29 is 53.1 Å². The summed E-state index contributed by atoms with van der Waals surface area (Å²) in [6, 6.07) is 9.59. The van der Waals surface area contributed by atoms with Crippen LogP contribution in [0.25, 0.3) is 0 Å². The summed E-state index contributed by atoms with van der Waals surface area (Å²) < 4.78 is 36.7. The molecule has 0 bridgehead atoms. The van der Waals surface area contributed by atoms with Crippen LogP contribution in [0.5, 0.6) is 23.0 Å². The third-order valence-corrected chi connectivity index (χ3v) is 11.5. The van der Waals surface area contributed by atoms with Crippen LogP contribution < -0.4 is 24.3 Å². The molecular formula is C46H64ClN3O11. The molecule has 0 saturated heterocycles. The number of ether oxygens (including phenoxy) is 6. The van der Waals surface area contributed by atoms with Crippen LogP contribution in [0.1, 0.15) is 90.5 Å². The Kier molecular flexibility index (Phi) is 17.2. The molecule has 2 aliphatic carbocycles. The van der Waals surface area contributed by atoms with Crippen LogP contribution in [0.2, 0.25) is 0 Å². The Morgan fingerprint density at radius 2 is 1.79 bits per heavy atom. The molecule has 3 aliphatic rings. The molecule has 1 heterocycles. The van der Waals surface area contributed by atoms with E-state index in [-0.39, 0.29) is 62.2 Å². The normalized spacial score (nSPS) is 23.4. The Morgan fingerprint density at radius 1 is 1.05 bits per heavy atom. The van der Waals surface area contributed by atoms with Gasteiger partial charge >= 0.3 is 12.2 Å². The van der Waals surface area contributed by atoms with Gasteiger partial charge in [0, 0.05) is 43.7 Å². The minimum absolute atomic E-state index is 0.0109. The maximum atomic E-state index is 14.1. The summed E-state index contributed by atoms with van der Waals surface area (Å²) in [5, 5.41) is 27.4. The van der Waals surface area contributed by atoms with Gasteiger partial charge in [-0.3, -0.25) is 10.2 Å². The maximum absolute atomic E-state index is 14.1. The number of amides is 2. The number of aliphatic hydroxyl groups excluding tert-OH is 2. The lowest BCUT2D eigenvalue weighted by molar-refractivity contribution is -0.255. The first-order valence-electron chi connectivity index (χ1n) is 21.3. The summed E-state index contributed by atoms with van der Waals surface area (Å²) in [4.78, 5) is 35.5. The molecule has 1 saturated carbocycles. The summed E-state index contributed by atoms with van der Waals surface area (Å²) in [7, 11) is 3.05. The zero-order valence-electron chi connectivity index (χ0n) is 36.5. The van der Waals surface area contributed by atoms with Crippen LogP contribution in [0, 0.1) is 17.8 Å². The number of benzene rings is 2. The molecule has 1 aliphatic heterocycles. The Bertz CT molecular complexity index is 1870. The summed E-state index contributed by atoms with van der Waals surface area (Å²) >= 11 is 6.01. The van der Waals surface area contributed by atoms with Gasteiger partial charge in [0.25, 0.3) is 0 Å². The van der Waals surface area contributed by atoms with Gasteiger partial charge in [-0.15, -0.1) is 18.2 Å². The SMILES string of the molecule is C=CCO[C@@]12Oc3ccc(OC(=O)Nc4ccc(OC)cc4OC)cc3[C@H]3[C@H](CCCCO)[C@@H](CCCCO)C=C(C(=NOC(C)(C)C)C[C@@H]1N(CCC)C(=O)OCCCl)[C@H]32. The topological polar surface area (TPSA) is 167 Å². The number of allylic oxidation sites excluding steroid dienone is 1. The number of nitrogens with zero attached hydrogens (tertiary/aromatic N) is 2.